The number of carbonyl (C=O) groups is 1. The first-order valence-electron chi connectivity index (χ1n) is 7.71. The van der Waals surface area contributed by atoms with Gasteiger partial charge in [0.05, 0.1) is 4.90 Å². The van der Waals surface area contributed by atoms with E-state index in [-0.39, 0.29) is 28.8 Å². The molecule has 1 aromatic carbocycles. The van der Waals surface area contributed by atoms with Gasteiger partial charge >= 0.3 is 0 Å². The average molecular weight is 367 g/mol. The zero-order valence-corrected chi connectivity index (χ0v) is 14.8. The third-order valence-electron chi connectivity index (χ3n) is 4.10. The summed E-state index contributed by atoms with van der Waals surface area (Å²) >= 11 is 1.33. The number of rotatable bonds is 6. The third kappa shape index (κ3) is 3.52. The first-order chi connectivity index (χ1) is 11.4. The maximum atomic E-state index is 13.5. The van der Waals surface area contributed by atoms with Crippen molar-refractivity contribution in [3.05, 3.63) is 52.0 Å². The summed E-state index contributed by atoms with van der Waals surface area (Å²) in [4.78, 5) is 12.6. The molecule has 24 heavy (non-hydrogen) atoms. The molecule has 0 unspecified atom stereocenters. The van der Waals surface area contributed by atoms with Crippen LogP contribution in [0.1, 0.15) is 28.5 Å². The van der Waals surface area contributed by atoms with Gasteiger partial charge in [0.1, 0.15) is 11.1 Å². The Morgan fingerprint density at radius 1 is 1.38 bits per heavy atom. The van der Waals surface area contributed by atoms with Crippen molar-refractivity contribution in [2.24, 2.45) is 5.92 Å². The fourth-order valence-corrected chi connectivity index (χ4v) is 5.35. The van der Waals surface area contributed by atoms with E-state index in [2.05, 4.69) is 5.32 Å². The number of aryl methyl sites for hydroxylation is 1. The molecule has 2 aromatic rings. The maximum Gasteiger partial charge on any atom is 0.223 e. The van der Waals surface area contributed by atoms with E-state index in [0.717, 1.165) is 18.9 Å². The molecule has 1 amide bonds. The second-order valence-electron chi connectivity index (χ2n) is 5.98. The molecule has 1 heterocycles. The summed E-state index contributed by atoms with van der Waals surface area (Å²) in [5.74, 6) is -0.518. The highest BCUT2D eigenvalue weighted by molar-refractivity contribution is 7.91. The Labute approximate surface area is 144 Å². The fraction of sp³-hybridized carbons (Fsp3) is 0.353. The van der Waals surface area contributed by atoms with Gasteiger partial charge in [-0.3, -0.25) is 4.79 Å². The molecule has 1 saturated carbocycles. The van der Waals surface area contributed by atoms with Gasteiger partial charge in [-0.1, -0.05) is 6.07 Å². The minimum atomic E-state index is -3.74. The van der Waals surface area contributed by atoms with Gasteiger partial charge < -0.3 is 5.32 Å². The molecule has 1 aliphatic carbocycles. The number of sulfone groups is 1. The van der Waals surface area contributed by atoms with E-state index in [4.69, 9.17) is 0 Å². The second kappa shape index (κ2) is 6.64. The number of benzene rings is 1. The van der Waals surface area contributed by atoms with Crippen LogP contribution in [0.15, 0.2) is 40.6 Å². The molecule has 0 aliphatic heterocycles. The van der Waals surface area contributed by atoms with Gasteiger partial charge in [-0.25, -0.2) is 12.8 Å². The van der Waals surface area contributed by atoms with Crippen molar-refractivity contribution in [3.63, 3.8) is 0 Å². The highest BCUT2D eigenvalue weighted by Gasteiger charge is 2.34. The van der Waals surface area contributed by atoms with Crippen LogP contribution in [0.2, 0.25) is 0 Å². The standard InChI is InChI=1S/C17H18FNO3S2/c1-11-9-13(6-7-14(11)18)24(21,22)16(15-3-2-8-23-15)10-19-17(20)12-4-5-12/h2-3,6-9,12,16H,4-5,10H2,1H3,(H,19,20)/t16-/m1/s1. The molecule has 1 atom stereocenters. The van der Waals surface area contributed by atoms with Crippen molar-refractivity contribution in [3.8, 4) is 0 Å². The summed E-state index contributed by atoms with van der Waals surface area (Å²) in [5.41, 5.74) is 0.281. The van der Waals surface area contributed by atoms with E-state index in [0.29, 0.717) is 4.88 Å². The van der Waals surface area contributed by atoms with Crippen LogP contribution in [-0.4, -0.2) is 20.9 Å². The summed E-state index contributed by atoms with van der Waals surface area (Å²) < 4.78 is 39.5. The first-order valence-corrected chi connectivity index (χ1v) is 10.1. The van der Waals surface area contributed by atoms with Crippen LogP contribution >= 0.6 is 11.3 Å². The van der Waals surface area contributed by atoms with E-state index in [1.54, 1.807) is 17.5 Å². The lowest BCUT2D eigenvalue weighted by Gasteiger charge is -2.18. The average Bonchev–Trinajstić information content (AvgIpc) is 3.26. The Kier molecular flexibility index (Phi) is 4.73. The van der Waals surface area contributed by atoms with Crippen molar-refractivity contribution in [2.75, 3.05) is 6.54 Å². The SMILES string of the molecule is Cc1cc(S(=O)(=O)[C@H](CNC(=O)C2CC2)c2cccs2)ccc1F. The molecule has 0 saturated heterocycles. The van der Waals surface area contributed by atoms with Gasteiger partial charge in [0.25, 0.3) is 0 Å². The van der Waals surface area contributed by atoms with Gasteiger partial charge in [0.15, 0.2) is 9.84 Å². The molecule has 0 bridgehead atoms. The quantitative estimate of drug-likeness (QED) is 0.797. The molecular formula is C17H18FNO3S2. The summed E-state index contributed by atoms with van der Waals surface area (Å²) in [6.45, 7) is 1.55. The minimum absolute atomic E-state index is 0.0183. The lowest BCUT2D eigenvalue weighted by Crippen LogP contribution is -2.32. The predicted octanol–water partition coefficient (Wildman–Crippen LogP) is 3.24. The monoisotopic (exact) mass is 367 g/mol. The molecule has 3 rings (SSSR count). The normalized spacial score (nSPS) is 15.9. The van der Waals surface area contributed by atoms with Crippen molar-refractivity contribution in [1.29, 1.82) is 0 Å². The van der Waals surface area contributed by atoms with E-state index in [9.17, 15) is 17.6 Å². The maximum absolute atomic E-state index is 13.5. The largest absolute Gasteiger partial charge is 0.354 e. The Balaban J connectivity index is 1.90. The van der Waals surface area contributed by atoms with Crippen molar-refractivity contribution in [2.45, 2.75) is 29.9 Å². The molecule has 4 nitrogen and oxygen atoms in total. The molecule has 1 fully saturated rings. The number of amides is 1. The molecule has 0 radical (unpaired) electrons. The Hall–Kier alpha value is -1.73. The van der Waals surface area contributed by atoms with E-state index >= 15 is 0 Å². The van der Waals surface area contributed by atoms with Crippen LogP contribution in [-0.2, 0) is 14.6 Å². The van der Waals surface area contributed by atoms with Crippen LogP contribution < -0.4 is 5.32 Å². The number of halogens is 1. The van der Waals surface area contributed by atoms with Gasteiger partial charge in [-0.2, -0.15) is 0 Å². The zero-order chi connectivity index (χ0) is 17.3. The molecule has 7 heteroatoms. The second-order valence-corrected chi connectivity index (χ2v) is 9.09. The van der Waals surface area contributed by atoms with Gasteiger partial charge in [-0.05, 0) is 55.0 Å². The van der Waals surface area contributed by atoms with Crippen molar-refractivity contribution >= 4 is 27.1 Å². The van der Waals surface area contributed by atoms with Crippen molar-refractivity contribution < 1.29 is 17.6 Å². The van der Waals surface area contributed by atoms with Crippen LogP contribution in [0.3, 0.4) is 0 Å². The molecule has 1 aromatic heterocycles. The third-order valence-corrected chi connectivity index (χ3v) is 7.32. The molecular weight excluding hydrogens is 349 g/mol. The highest BCUT2D eigenvalue weighted by Crippen LogP contribution is 2.33. The van der Waals surface area contributed by atoms with E-state index in [1.807, 2.05) is 0 Å². The van der Waals surface area contributed by atoms with Crippen LogP contribution in [0.4, 0.5) is 4.39 Å². The van der Waals surface area contributed by atoms with Crippen LogP contribution in [0, 0.1) is 18.7 Å². The lowest BCUT2D eigenvalue weighted by atomic mass is 10.2. The van der Waals surface area contributed by atoms with Crippen molar-refractivity contribution in [1.82, 2.24) is 5.32 Å². The predicted molar refractivity (Wildman–Crippen MR) is 91.1 cm³/mol. The van der Waals surface area contributed by atoms with E-state index < -0.39 is 20.9 Å². The number of nitrogens with one attached hydrogen (secondary N) is 1. The molecule has 1 aliphatic rings. The Morgan fingerprint density at radius 2 is 2.12 bits per heavy atom. The molecule has 0 spiro atoms. The Morgan fingerprint density at radius 3 is 2.71 bits per heavy atom. The number of hydrogen-bond acceptors (Lipinski definition) is 4. The number of hydrogen-bond donors (Lipinski definition) is 1. The smallest absolute Gasteiger partial charge is 0.223 e. The number of thiophene rings is 1. The summed E-state index contributed by atoms with van der Waals surface area (Å²) in [6.07, 6.45) is 1.72. The van der Waals surface area contributed by atoms with E-state index in [1.165, 1.54) is 30.4 Å². The summed E-state index contributed by atoms with van der Waals surface area (Å²) in [6, 6.07) is 7.30. The van der Waals surface area contributed by atoms with Crippen LogP contribution in [0.5, 0.6) is 0 Å². The van der Waals surface area contributed by atoms with Gasteiger partial charge in [0, 0.05) is 17.3 Å². The summed E-state index contributed by atoms with van der Waals surface area (Å²) in [5, 5.41) is 3.68. The van der Waals surface area contributed by atoms with Gasteiger partial charge in [-0.15, -0.1) is 11.3 Å². The molecule has 1 N–H and O–H groups in total. The Bertz CT molecular complexity index is 843. The molecule has 128 valence electrons. The zero-order valence-electron chi connectivity index (χ0n) is 13.2. The van der Waals surface area contributed by atoms with Gasteiger partial charge in [0.2, 0.25) is 5.91 Å². The summed E-state index contributed by atoms with van der Waals surface area (Å²) in [7, 11) is -3.74. The topological polar surface area (TPSA) is 63.2 Å². The minimum Gasteiger partial charge on any atom is -0.354 e. The first kappa shape index (κ1) is 17.1. The lowest BCUT2D eigenvalue weighted by molar-refractivity contribution is -0.122. The fourth-order valence-electron chi connectivity index (χ4n) is 2.48. The highest BCUT2D eigenvalue weighted by atomic mass is 32.2. The number of carbonyl (C=O) groups excluding carboxylic acids is 1. The van der Waals surface area contributed by atoms with Crippen LogP contribution in [0.25, 0.3) is 0 Å².